The predicted octanol–water partition coefficient (Wildman–Crippen LogP) is 0.573. The third-order valence-corrected chi connectivity index (χ3v) is 3.87. The number of anilines is 2. The number of pyridine rings is 1. The predicted molar refractivity (Wildman–Crippen MR) is 70.7 cm³/mol. The first kappa shape index (κ1) is 12.8. The molecule has 96 valence electrons. The fourth-order valence-electron chi connectivity index (χ4n) is 2.04. The lowest BCUT2D eigenvalue weighted by Crippen LogP contribution is -2.29. The van der Waals surface area contributed by atoms with Crippen LogP contribution >= 0.6 is 15.9 Å². The van der Waals surface area contributed by atoms with E-state index in [0.717, 1.165) is 10.0 Å². The third kappa shape index (κ3) is 2.05. The maximum absolute atomic E-state index is 11.9. The number of amides is 2. The summed E-state index contributed by atoms with van der Waals surface area (Å²) in [6.45, 7) is 2.10. The van der Waals surface area contributed by atoms with E-state index in [1.54, 1.807) is 6.20 Å². The molecule has 6 nitrogen and oxygen atoms in total. The first-order valence-corrected chi connectivity index (χ1v) is 6.21. The van der Waals surface area contributed by atoms with Crippen LogP contribution in [0, 0.1) is 12.8 Å². The van der Waals surface area contributed by atoms with Crippen molar-refractivity contribution in [2.75, 3.05) is 17.2 Å². The van der Waals surface area contributed by atoms with E-state index in [1.807, 2.05) is 6.92 Å². The summed E-state index contributed by atoms with van der Waals surface area (Å²) in [6, 6.07) is 0. The largest absolute Gasteiger partial charge is 0.382 e. The van der Waals surface area contributed by atoms with Crippen LogP contribution in [0.5, 0.6) is 0 Å². The van der Waals surface area contributed by atoms with Gasteiger partial charge >= 0.3 is 0 Å². The number of nitrogens with zero attached hydrogens (tertiary/aromatic N) is 2. The Labute approximate surface area is 112 Å². The van der Waals surface area contributed by atoms with E-state index in [0.29, 0.717) is 5.69 Å². The van der Waals surface area contributed by atoms with Gasteiger partial charge in [-0.05, 0) is 28.4 Å². The molecule has 0 aromatic carbocycles. The van der Waals surface area contributed by atoms with Gasteiger partial charge in [0.1, 0.15) is 5.82 Å². The molecule has 0 radical (unpaired) electrons. The summed E-state index contributed by atoms with van der Waals surface area (Å²) in [7, 11) is 0. The SMILES string of the molecule is Cc1c(Br)cnc(N)c1N1CC(C(N)=O)CC1=O. The number of rotatable bonds is 2. The zero-order valence-electron chi connectivity index (χ0n) is 9.81. The fourth-order valence-corrected chi connectivity index (χ4v) is 2.33. The molecule has 0 bridgehead atoms. The lowest BCUT2D eigenvalue weighted by molar-refractivity contribution is -0.123. The van der Waals surface area contributed by atoms with Gasteiger partial charge in [-0.15, -0.1) is 0 Å². The van der Waals surface area contributed by atoms with E-state index in [2.05, 4.69) is 20.9 Å². The Morgan fingerprint density at radius 3 is 2.83 bits per heavy atom. The van der Waals surface area contributed by atoms with Crippen molar-refractivity contribution in [1.82, 2.24) is 4.98 Å². The summed E-state index contributed by atoms with van der Waals surface area (Å²) in [5.74, 6) is -0.817. The number of nitrogens with two attached hydrogens (primary N) is 2. The second-order valence-electron chi connectivity index (χ2n) is 4.27. The van der Waals surface area contributed by atoms with Crippen LogP contribution in [0.15, 0.2) is 10.7 Å². The molecule has 1 aliphatic heterocycles. The Kier molecular flexibility index (Phi) is 3.25. The number of hydrogen-bond acceptors (Lipinski definition) is 4. The normalized spacial score (nSPS) is 19.3. The van der Waals surface area contributed by atoms with Crippen molar-refractivity contribution < 1.29 is 9.59 Å². The van der Waals surface area contributed by atoms with Crippen molar-refractivity contribution >= 4 is 39.2 Å². The maximum Gasteiger partial charge on any atom is 0.227 e. The molecule has 0 aliphatic carbocycles. The van der Waals surface area contributed by atoms with Gasteiger partial charge in [0.15, 0.2) is 0 Å². The molecular weight excluding hydrogens is 300 g/mol. The van der Waals surface area contributed by atoms with Gasteiger partial charge in [0.05, 0.1) is 11.6 Å². The summed E-state index contributed by atoms with van der Waals surface area (Å²) >= 11 is 3.34. The first-order valence-electron chi connectivity index (χ1n) is 5.42. The summed E-state index contributed by atoms with van der Waals surface area (Å²) < 4.78 is 0.766. The van der Waals surface area contributed by atoms with Crippen LogP contribution in [-0.2, 0) is 9.59 Å². The molecule has 18 heavy (non-hydrogen) atoms. The van der Waals surface area contributed by atoms with Crippen molar-refractivity contribution in [3.8, 4) is 0 Å². The van der Waals surface area contributed by atoms with Crippen LogP contribution in [0.2, 0.25) is 0 Å². The number of aromatic nitrogens is 1. The number of hydrogen-bond donors (Lipinski definition) is 2. The fraction of sp³-hybridized carbons (Fsp3) is 0.364. The Hall–Kier alpha value is -1.63. The van der Waals surface area contributed by atoms with Gasteiger partial charge in [-0.2, -0.15) is 0 Å². The second-order valence-corrected chi connectivity index (χ2v) is 5.13. The molecule has 1 unspecified atom stereocenters. The summed E-state index contributed by atoms with van der Waals surface area (Å²) in [6.07, 6.45) is 1.71. The van der Waals surface area contributed by atoms with Gasteiger partial charge in [-0.25, -0.2) is 4.98 Å². The molecule has 1 fully saturated rings. The van der Waals surface area contributed by atoms with Gasteiger partial charge in [-0.1, -0.05) is 0 Å². The highest BCUT2D eigenvalue weighted by molar-refractivity contribution is 9.10. The monoisotopic (exact) mass is 312 g/mol. The number of carbonyl (C=O) groups excluding carboxylic acids is 2. The number of primary amides is 1. The lowest BCUT2D eigenvalue weighted by Gasteiger charge is -2.20. The number of halogens is 1. The molecule has 2 amide bonds. The highest BCUT2D eigenvalue weighted by Gasteiger charge is 2.35. The lowest BCUT2D eigenvalue weighted by atomic mass is 10.1. The minimum Gasteiger partial charge on any atom is -0.382 e. The van der Waals surface area contributed by atoms with Crippen molar-refractivity contribution in [3.05, 3.63) is 16.2 Å². The molecule has 0 spiro atoms. The molecule has 1 aromatic heterocycles. The van der Waals surface area contributed by atoms with Crippen LogP contribution < -0.4 is 16.4 Å². The Bertz CT molecular complexity index is 532. The molecule has 2 rings (SSSR count). The van der Waals surface area contributed by atoms with Crippen molar-refractivity contribution in [1.29, 1.82) is 0 Å². The van der Waals surface area contributed by atoms with Crippen molar-refractivity contribution in [3.63, 3.8) is 0 Å². The van der Waals surface area contributed by atoms with Gasteiger partial charge in [-0.3, -0.25) is 9.59 Å². The molecule has 2 heterocycles. The number of nitrogen functional groups attached to an aromatic ring is 1. The smallest absolute Gasteiger partial charge is 0.227 e. The molecule has 1 saturated heterocycles. The molecule has 0 saturated carbocycles. The van der Waals surface area contributed by atoms with E-state index < -0.39 is 11.8 Å². The van der Waals surface area contributed by atoms with E-state index in [-0.39, 0.29) is 24.7 Å². The van der Waals surface area contributed by atoms with E-state index >= 15 is 0 Å². The topological polar surface area (TPSA) is 102 Å². The molecule has 1 aliphatic rings. The van der Waals surface area contributed by atoms with Gasteiger partial charge in [0, 0.05) is 23.6 Å². The van der Waals surface area contributed by atoms with Crippen LogP contribution in [0.3, 0.4) is 0 Å². The number of carbonyl (C=O) groups is 2. The van der Waals surface area contributed by atoms with E-state index in [1.165, 1.54) is 4.90 Å². The van der Waals surface area contributed by atoms with Crippen LogP contribution in [0.4, 0.5) is 11.5 Å². The summed E-state index contributed by atoms with van der Waals surface area (Å²) in [4.78, 5) is 28.6. The summed E-state index contributed by atoms with van der Waals surface area (Å²) in [5.41, 5.74) is 12.4. The molecule has 4 N–H and O–H groups in total. The Balaban J connectivity index is 2.41. The van der Waals surface area contributed by atoms with Crippen LogP contribution in [0.25, 0.3) is 0 Å². The molecule has 1 aromatic rings. The van der Waals surface area contributed by atoms with Gasteiger partial charge < -0.3 is 16.4 Å². The zero-order chi connectivity index (χ0) is 13.4. The molecule has 7 heteroatoms. The van der Waals surface area contributed by atoms with Crippen LogP contribution in [-0.4, -0.2) is 23.3 Å². The quantitative estimate of drug-likeness (QED) is 0.833. The van der Waals surface area contributed by atoms with Crippen molar-refractivity contribution in [2.24, 2.45) is 11.7 Å². The van der Waals surface area contributed by atoms with E-state index in [4.69, 9.17) is 11.5 Å². The highest BCUT2D eigenvalue weighted by atomic mass is 79.9. The van der Waals surface area contributed by atoms with E-state index in [9.17, 15) is 9.59 Å². The first-order chi connectivity index (χ1) is 8.41. The standard InChI is InChI=1S/C11H13BrN4O2/c1-5-7(12)3-15-10(13)9(5)16-4-6(11(14)18)2-8(16)17/h3,6H,2,4H2,1H3,(H2,13,15)(H2,14,18). The average molecular weight is 313 g/mol. The average Bonchev–Trinajstić information content (AvgIpc) is 2.67. The minimum atomic E-state index is -0.468. The second kappa shape index (κ2) is 4.56. The minimum absolute atomic E-state index is 0.126. The Morgan fingerprint density at radius 1 is 1.61 bits per heavy atom. The summed E-state index contributed by atoms with van der Waals surface area (Å²) in [5, 5.41) is 0. The van der Waals surface area contributed by atoms with Crippen molar-refractivity contribution in [2.45, 2.75) is 13.3 Å². The van der Waals surface area contributed by atoms with Gasteiger partial charge in [0.25, 0.3) is 0 Å². The highest BCUT2D eigenvalue weighted by Crippen LogP contribution is 2.34. The third-order valence-electron chi connectivity index (χ3n) is 3.07. The molecular formula is C11H13BrN4O2. The van der Waals surface area contributed by atoms with Crippen LogP contribution in [0.1, 0.15) is 12.0 Å². The Morgan fingerprint density at radius 2 is 2.28 bits per heavy atom. The molecule has 1 atom stereocenters. The maximum atomic E-state index is 11.9. The zero-order valence-corrected chi connectivity index (χ0v) is 11.4. The van der Waals surface area contributed by atoms with Gasteiger partial charge in [0.2, 0.25) is 11.8 Å².